The highest BCUT2D eigenvalue weighted by Gasteiger charge is 2.54. The highest BCUT2D eigenvalue weighted by Crippen LogP contribution is 2.40. The van der Waals surface area contributed by atoms with E-state index >= 15 is 0 Å². The van der Waals surface area contributed by atoms with Gasteiger partial charge >= 0.3 is 35.9 Å². The number of nitrogens with zero attached hydrogens (tertiary/aromatic N) is 9. The summed E-state index contributed by atoms with van der Waals surface area (Å²) in [5.41, 5.74) is 5.68. The number of fused-ring (bicyclic) bond motifs is 1. The molecule has 14 rings (SSSR count). The van der Waals surface area contributed by atoms with Crippen LogP contribution in [0.4, 0.5) is 16.7 Å². The number of nitrogens with one attached hydrogen (secondary N) is 1. The number of carbonyl (C=O) groups excluding carboxylic acids is 7. The van der Waals surface area contributed by atoms with Gasteiger partial charge in [0.2, 0.25) is 6.23 Å². The van der Waals surface area contributed by atoms with E-state index in [0.29, 0.717) is 47.6 Å². The molecule has 4 fully saturated rings. The van der Waals surface area contributed by atoms with E-state index in [1.54, 1.807) is 139 Å². The summed E-state index contributed by atoms with van der Waals surface area (Å²) in [6, 6.07) is 40.5. The summed E-state index contributed by atoms with van der Waals surface area (Å²) < 4.78 is 201. The lowest BCUT2D eigenvalue weighted by Gasteiger charge is -2.27. The third kappa shape index (κ3) is 31.9. The van der Waals surface area contributed by atoms with E-state index < -0.39 is 169 Å². The van der Waals surface area contributed by atoms with E-state index in [-0.39, 0.29) is 88.3 Å². The van der Waals surface area contributed by atoms with E-state index in [4.69, 9.17) is 63.5 Å². The van der Waals surface area contributed by atoms with Crippen molar-refractivity contribution < 1.29 is 149 Å². The van der Waals surface area contributed by atoms with Crippen LogP contribution < -0.4 is 14.8 Å². The number of ether oxygens (including phenoxy) is 9. The van der Waals surface area contributed by atoms with Gasteiger partial charge in [-0.25, -0.2) is 14.2 Å². The highest BCUT2D eigenvalue weighted by molar-refractivity contribution is 7.87. The fraction of sp³-hybridized carbons (Fsp3) is 0.418. The van der Waals surface area contributed by atoms with Gasteiger partial charge in [0.05, 0.1) is 108 Å². The van der Waals surface area contributed by atoms with Crippen molar-refractivity contribution >= 4 is 104 Å². The Morgan fingerprint density at radius 3 is 1.53 bits per heavy atom. The van der Waals surface area contributed by atoms with Crippen LogP contribution in [-0.2, 0) is 132 Å². The minimum Gasteiger partial charge on any atom is -0.493 e. The molecule has 0 radical (unpaired) electrons. The zero-order chi connectivity index (χ0) is 109. The number of amides is 4. The molecule has 1 N–H and O–H groups in total. The lowest BCUT2D eigenvalue weighted by molar-refractivity contribution is -0.398. The van der Waals surface area contributed by atoms with Gasteiger partial charge < -0.3 is 68.2 Å². The van der Waals surface area contributed by atoms with Gasteiger partial charge in [0.25, 0.3) is 68.3 Å². The van der Waals surface area contributed by atoms with Gasteiger partial charge in [-0.3, -0.25) is 59.6 Å². The van der Waals surface area contributed by atoms with Crippen LogP contribution in [0.25, 0.3) is 0 Å². The molecule has 4 amide bonds. The molecule has 45 nitrogen and oxygen atoms in total. The maximum Gasteiger partial charge on any atom is 0.436 e. The van der Waals surface area contributed by atoms with Gasteiger partial charge in [-0.15, -0.1) is 6.58 Å². The number of aryl methyl sites for hydroxylation is 6. The molecule has 5 aliphatic heterocycles. The molecule has 7 aromatic carbocycles. The number of likely N-dealkylation sites (tertiary alicyclic amines) is 2. The van der Waals surface area contributed by atoms with Crippen LogP contribution >= 0.6 is 0 Å². The number of nitro groups is 2. The van der Waals surface area contributed by atoms with Crippen LogP contribution in [0.15, 0.2) is 220 Å². The zero-order valence-corrected chi connectivity index (χ0v) is 87.8. The van der Waals surface area contributed by atoms with Crippen LogP contribution in [-0.4, -0.2) is 268 Å². The quantitative estimate of drug-likeness (QED) is 0.00552. The number of rotatable bonds is 37. The predicted molar refractivity (Wildman–Crippen MR) is 527 cm³/mol. The monoisotopic (exact) mass is 2150 g/mol. The Morgan fingerprint density at radius 2 is 1.06 bits per heavy atom. The number of aromatic nitrogens is 4. The maximum atomic E-state index is 13.1. The summed E-state index contributed by atoms with van der Waals surface area (Å²) >= 11 is 0. The van der Waals surface area contributed by atoms with E-state index in [9.17, 15) is 95.9 Å². The summed E-state index contributed by atoms with van der Waals surface area (Å²) in [5.74, 6) is -4.44. The summed E-state index contributed by atoms with van der Waals surface area (Å²) in [6.45, 7) is 24.7. The van der Waals surface area contributed by atoms with E-state index in [1.807, 2.05) is 33.8 Å². The van der Waals surface area contributed by atoms with Crippen LogP contribution in [0.2, 0.25) is 0 Å². The standard InChI is InChI=1S/C27H36N2O6S.C19H21N3O10S.C18H25NO7S.C17H21N3O7S.C17H15NO5S/c1-5-14-29-15-6-9-22(29)19-28-27(30)24-17-21(18-25(33-3)26(24)34-4)8-7-16-35-36(31,32)23-12-10-20(2)11-13-23;1-11-4-6-14(7-5-11)33(27,28)29-10-15-16(30-12(2)23)17(31-13(3)24)18(32-15)21-9-8-20-19(21)22(25)26;1-12-6-8-14(9-7-12)27(22,23)26-13-10-15(16(20)24-5)19(11-13)17(21)25-18(2,3)4;1-12-4-6-13(7-5-12)28(23,24)25-11-15-14(26-17(2,3)27-15)10-19-9-8-18-16(19)20(21)22;1-12-6-8-13(9-7-12)24(21,22)23-11-10-18-16(19)14-4-2-3-5-15(14)17(18)20/h5,10-13,17-18,22H,1,6-9,14-16,19H2,2-4H3,(H,28,30);4-9,15-18H,10H2,1-3H3;6-9,13,15H,10-11H2,1-5H3;4-9,14-15H,10-11H2,1-3H3;2-9H,10-11H2,1H3/t22-;15-,16-,17+,18+;13-,15+;14-,15-;/m0111./s1. The second-order valence-corrected chi connectivity index (χ2v) is 43.7. The topological polar surface area (TPSA) is 563 Å². The van der Waals surface area contributed by atoms with Crippen molar-refractivity contribution in [2.24, 2.45) is 0 Å². The molecule has 5 aliphatic rings. The number of carbonyl (C=O) groups is 7. The lowest BCUT2D eigenvalue weighted by atomic mass is 10.0. The summed E-state index contributed by atoms with van der Waals surface area (Å²) in [4.78, 5) is 118. The van der Waals surface area contributed by atoms with Crippen molar-refractivity contribution in [3.05, 3.63) is 265 Å². The maximum absolute atomic E-state index is 13.1. The average Bonchev–Trinajstić information content (AvgIpc) is 1.60. The molecule has 7 heterocycles. The summed E-state index contributed by atoms with van der Waals surface area (Å²) in [7, 11) is -15.7. The first-order valence-corrected chi connectivity index (χ1v) is 53.2. The Bertz CT molecular complexity index is 6790. The molecule has 4 saturated heterocycles. The Hall–Kier alpha value is -13.2. The Labute approximate surface area is 857 Å². The third-order valence-corrected chi connectivity index (χ3v) is 29.5. The first-order valence-electron chi connectivity index (χ1n) is 46.1. The number of methoxy groups -OCH3 is 3. The predicted octanol–water partition coefficient (Wildman–Crippen LogP) is 11.3. The summed E-state index contributed by atoms with van der Waals surface area (Å²) in [5, 5.41) is 25.4. The molecule has 0 aliphatic carbocycles. The Morgan fingerprint density at radius 1 is 0.595 bits per heavy atom. The minimum atomic E-state index is -4.21. The largest absolute Gasteiger partial charge is 0.493 e. The molecule has 50 heteroatoms. The second kappa shape index (κ2) is 51.1. The van der Waals surface area contributed by atoms with Crippen LogP contribution in [0.1, 0.15) is 145 Å². The number of esters is 3. The van der Waals surface area contributed by atoms with Crippen LogP contribution in [0, 0.1) is 54.8 Å². The molecule has 9 atom stereocenters. The molecule has 0 spiro atoms. The lowest BCUT2D eigenvalue weighted by Crippen LogP contribution is -2.44. The van der Waals surface area contributed by atoms with Crippen LogP contribution in [0.3, 0.4) is 0 Å². The number of hydrogen-bond acceptors (Lipinski definition) is 38. The normalized spacial score (nSPS) is 19.1. The number of benzene rings is 7. The average molecular weight is 2160 g/mol. The highest BCUT2D eigenvalue weighted by atomic mass is 32.2. The molecule has 148 heavy (non-hydrogen) atoms. The number of imide groups is 1. The molecule has 800 valence electrons. The molecule has 0 unspecified atom stereocenters. The van der Waals surface area contributed by atoms with Gasteiger partial charge in [0, 0.05) is 39.4 Å². The minimum absolute atomic E-state index is 0.00297. The van der Waals surface area contributed by atoms with E-state index in [0.717, 1.165) is 93.7 Å². The van der Waals surface area contributed by atoms with Crippen molar-refractivity contribution in [3.8, 4) is 11.5 Å². The van der Waals surface area contributed by atoms with Gasteiger partial charge in [0.15, 0.2) is 29.5 Å². The fourth-order valence-electron chi connectivity index (χ4n) is 15.8. The van der Waals surface area contributed by atoms with Crippen molar-refractivity contribution in [2.45, 2.75) is 213 Å². The SMILES string of the molecule is C=CCN1CCC[C@H]1CNC(=O)c1cc(CCCOS(=O)(=O)c2ccc(C)cc2)cc(OC)c1OC.CC(=O)O[C@H]1[C@H](OC(C)=O)[C@@H](n2ccnc2[N+](=O)[O-])O[C@@H]1COS(=O)(=O)c1ccc(C)cc1.COC(=O)[C@@H]1C[C@@H](OS(=O)(=O)c2ccc(C)cc2)CN1C(=O)OC(C)(C)C.Cc1ccc(S(=O)(=O)OCCN2C(=O)c3ccccc3C2=O)cc1.Cc1ccc(S(=O)(=O)OC[C@H]2OC(C)(C)O[C@@H]2Cn2ccnc2[N+](=O)[O-])cc1. The van der Waals surface area contributed by atoms with Gasteiger partial charge in [-0.1, -0.05) is 117 Å². The molecule has 0 bridgehead atoms. The molecule has 2 aromatic heterocycles. The second-order valence-electron chi connectivity index (χ2n) is 35.7. The number of hydrogen-bond donors (Lipinski definition) is 1. The van der Waals surface area contributed by atoms with Gasteiger partial charge in [-0.05, 0) is 202 Å². The van der Waals surface area contributed by atoms with Crippen molar-refractivity contribution in [3.63, 3.8) is 0 Å². The first-order chi connectivity index (χ1) is 69.7. The summed E-state index contributed by atoms with van der Waals surface area (Å²) in [6.07, 6.45) is 1.84. The van der Waals surface area contributed by atoms with Gasteiger partial charge in [0.1, 0.15) is 61.3 Å². The Kier molecular flexibility index (Phi) is 40.3. The smallest absolute Gasteiger partial charge is 0.436 e. The first kappa shape index (κ1) is 117. The fourth-order valence-corrected chi connectivity index (χ4v) is 20.5. The number of imidazole rings is 2. The van der Waals surface area contributed by atoms with Crippen molar-refractivity contribution in [1.82, 2.24) is 39.1 Å². The zero-order valence-electron chi connectivity index (χ0n) is 83.8. The molecule has 9 aromatic rings. The third-order valence-electron chi connectivity index (χ3n) is 22.9. The van der Waals surface area contributed by atoms with Crippen molar-refractivity contribution in [2.75, 3.05) is 80.5 Å². The van der Waals surface area contributed by atoms with Crippen molar-refractivity contribution in [1.29, 1.82) is 0 Å². The molecular formula is C98H118N10O35S5. The van der Waals surface area contributed by atoms with E-state index in [2.05, 4.69) is 26.8 Å². The Balaban J connectivity index is 0.000000191. The van der Waals surface area contributed by atoms with Gasteiger partial charge in [-0.2, -0.15) is 46.7 Å². The molecular weight excluding hydrogens is 2040 g/mol. The van der Waals surface area contributed by atoms with Crippen LogP contribution in [0.5, 0.6) is 11.5 Å². The molecule has 0 saturated carbocycles. The van der Waals surface area contributed by atoms with E-state index in [1.165, 1.54) is 105 Å².